The fourth-order valence-electron chi connectivity index (χ4n) is 1.83. The molecule has 0 fully saturated rings. The summed E-state index contributed by atoms with van der Waals surface area (Å²) >= 11 is 3.37. The van der Waals surface area contributed by atoms with Crippen molar-refractivity contribution in [2.45, 2.75) is 13.5 Å². The molecule has 4 nitrogen and oxygen atoms in total. The number of carbonyl (C=O) groups excluding carboxylic acids is 1. The maximum atomic E-state index is 11.5. The van der Waals surface area contributed by atoms with Gasteiger partial charge in [0.1, 0.15) is 12.6 Å². The average Bonchev–Trinajstić information content (AvgIpc) is 2.67. The molecule has 92 valence electrons. The Labute approximate surface area is 113 Å². The summed E-state index contributed by atoms with van der Waals surface area (Å²) in [4.78, 5) is 11.5. The van der Waals surface area contributed by atoms with Gasteiger partial charge in [-0.3, -0.25) is 4.79 Å². The highest BCUT2D eigenvalue weighted by molar-refractivity contribution is 9.10. The van der Waals surface area contributed by atoms with Gasteiger partial charge in [-0.05, 0) is 25.1 Å². The zero-order chi connectivity index (χ0) is 13.1. The Bertz CT molecular complexity index is 640. The third kappa shape index (κ3) is 2.39. The summed E-state index contributed by atoms with van der Waals surface area (Å²) in [6.07, 6.45) is 1.67. The first-order valence-electron chi connectivity index (χ1n) is 5.49. The normalized spacial score (nSPS) is 10.3. The van der Waals surface area contributed by atoms with Gasteiger partial charge in [-0.15, -0.1) is 0 Å². The Morgan fingerprint density at radius 3 is 3.00 bits per heavy atom. The van der Waals surface area contributed by atoms with Gasteiger partial charge in [0, 0.05) is 21.6 Å². The van der Waals surface area contributed by atoms with E-state index in [2.05, 4.69) is 22.0 Å². The third-order valence-corrected chi connectivity index (χ3v) is 3.06. The van der Waals surface area contributed by atoms with Gasteiger partial charge in [0.25, 0.3) is 0 Å². The predicted molar refractivity (Wildman–Crippen MR) is 71.0 cm³/mol. The third-order valence-electron chi connectivity index (χ3n) is 2.57. The van der Waals surface area contributed by atoms with E-state index in [4.69, 9.17) is 10.00 Å². The SMILES string of the molecule is CCOC(=O)Cn1cc(C#N)c2cc(Br)ccc21. The van der Waals surface area contributed by atoms with Crippen LogP contribution >= 0.6 is 15.9 Å². The van der Waals surface area contributed by atoms with Gasteiger partial charge in [-0.25, -0.2) is 0 Å². The molecule has 18 heavy (non-hydrogen) atoms. The van der Waals surface area contributed by atoms with Crippen LogP contribution in [0, 0.1) is 11.3 Å². The minimum Gasteiger partial charge on any atom is -0.465 e. The van der Waals surface area contributed by atoms with Gasteiger partial charge in [0.05, 0.1) is 12.2 Å². The van der Waals surface area contributed by atoms with Crippen molar-refractivity contribution in [2.75, 3.05) is 6.61 Å². The van der Waals surface area contributed by atoms with Crippen LogP contribution in [0.2, 0.25) is 0 Å². The Balaban J connectivity index is 2.46. The number of nitrogens with zero attached hydrogens (tertiary/aromatic N) is 2. The van der Waals surface area contributed by atoms with Crippen LogP contribution in [0.5, 0.6) is 0 Å². The van der Waals surface area contributed by atoms with E-state index < -0.39 is 0 Å². The predicted octanol–water partition coefficient (Wildman–Crippen LogP) is 2.84. The molecule has 0 radical (unpaired) electrons. The van der Waals surface area contributed by atoms with Crippen molar-refractivity contribution in [2.24, 2.45) is 0 Å². The number of nitriles is 1. The summed E-state index contributed by atoms with van der Waals surface area (Å²) < 4.78 is 7.55. The van der Waals surface area contributed by atoms with Crippen LogP contribution < -0.4 is 0 Å². The Morgan fingerprint density at radius 1 is 1.56 bits per heavy atom. The van der Waals surface area contributed by atoms with Crippen molar-refractivity contribution in [1.82, 2.24) is 4.57 Å². The first-order valence-corrected chi connectivity index (χ1v) is 6.29. The average molecular weight is 307 g/mol. The molecule has 0 atom stereocenters. The van der Waals surface area contributed by atoms with E-state index in [0.29, 0.717) is 12.2 Å². The minimum atomic E-state index is -0.304. The molecule has 1 aromatic heterocycles. The number of halogens is 1. The monoisotopic (exact) mass is 306 g/mol. The summed E-state index contributed by atoms with van der Waals surface area (Å²) in [5, 5.41) is 9.91. The van der Waals surface area contributed by atoms with Crippen LogP contribution in [0.3, 0.4) is 0 Å². The van der Waals surface area contributed by atoms with E-state index in [-0.39, 0.29) is 12.5 Å². The maximum absolute atomic E-state index is 11.5. The van der Waals surface area contributed by atoms with Crippen LogP contribution in [0.4, 0.5) is 0 Å². The van der Waals surface area contributed by atoms with Crippen LogP contribution in [-0.4, -0.2) is 17.1 Å². The molecule has 1 aromatic carbocycles. The number of hydrogen-bond acceptors (Lipinski definition) is 3. The molecule has 2 aromatic rings. The largest absolute Gasteiger partial charge is 0.465 e. The molecule has 0 amide bonds. The Hall–Kier alpha value is -1.80. The van der Waals surface area contributed by atoms with Crippen LogP contribution in [0.1, 0.15) is 12.5 Å². The second kappa shape index (κ2) is 5.23. The molecular formula is C13H11BrN2O2. The van der Waals surface area contributed by atoms with Gasteiger partial charge in [0.15, 0.2) is 0 Å². The van der Waals surface area contributed by atoms with E-state index in [1.165, 1.54) is 0 Å². The number of esters is 1. The summed E-state index contributed by atoms with van der Waals surface area (Å²) in [6, 6.07) is 7.75. The molecule has 0 aliphatic carbocycles. The molecule has 2 rings (SSSR count). The van der Waals surface area contributed by atoms with Gasteiger partial charge in [0.2, 0.25) is 0 Å². The van der Waals surface area contributed by atoms with E-state index in [0.717, 1.165) is 15.4 Å². The topological polar surface area (TPSA) is 55.0 Å². The molecule has 0 unspecified atom stereocenters. The number of hydrogen-bond donors (Lipinski definition) is 0. The van der Waals surface area contributed by atoms with E-state index >= 15 is 0 Å². The van der Waals surface area contributed by atoms with Crippen molar-refractivity contribution < 1.29 is 9.53 Å². The van der Waals surface area contributed by atoms with E-state index in [9.17, 15) is 4.79 Å². The Morgan fingerprint density at radius 2 is 2.33 bits per heavy atom. The molecule has 1 heterocycles. The highest BCUT2D eigenvalue weighted by atomic mass is 79.9. The van der Waals surface area contributed by atoms with Crippen molar-refractivity contribution >= 4 is 32.8 Å². The molecule has 0 aliphatic heterocycles. The number of aromatic nitrogens is 1. The number of rotatable bonds is 3. The molecule has 0 spiro atoms. The van der Waals surface area contributed by atoms with Crippen LogP contribution in [0.15, 0.2) is 28.9 Å². The zero-order valence-electron chi connectivity index (χ0n) is 9.81. The van der Waals surface area contributed by atoms with E-state index in [1.807, 2.05) is 18.2 Å². The standard InChI is InChI=1S/C13H11BrN2O2/c1-2-18-13(17)8-16-7-9(6-15)11-5-10(14)3-4-12(11)16/h3-5,7H,2,8H2,1H3. The fraction of sp³-hybridized carbons (Fsp3) is 0.231. The van der Waals surface area contributed by atoms with Gasteiger partial charge in [-0.1, -0.05) is 15.9 Å². The van der Waals surface area contributed by atoms with Crippen molar-refractivity contribution in [3.63, 3.8) is 0 Å². The summed E-state index contributed by atoms with van der Waals surface area (Å²) in [5.74, 6) is -0.304. The van der Waals surface area contributed by atoms with Crippen molar-refractivity contribution in [3.8, 4) is 6.07 Å². The number of ether oxygens (including phenoxy) is 1. The lowest BCUT2D eigenvalue weighted by molar-refractivity contribution is -0.143. The molecule has 5 heteroatoms. The lowest BCUT2D eigenvalue weighted by atomic mass is 10.2. The second-order valence-electron chi connectivity index (χ2n) is 3.75. The maximum Gasteiger partial charge on any atom is 0.325 e. The van der Waals surface area contributed by atoms with E-state index in [1.54, 1.807) is 17.7 Å². The molecule has 0 bridgehead atoms. The molecule has 0 N–H and O–H groups in total. The Kier molecular flexibility index (Phi) is 3.68. The first-order chi connectivity index (χ1) is 8.65. The summed E-state index contributed by atoms with van der Waals surface area (Å²) in [6.45, 7) is 2.24. The number of fused-ring (bicyclic) bond motifs is 1. The highest BCUT2D eigenvalue weighted by Gasteiger charge is 2.11. The molecule has 0 saturated heterocycles. The number of benzene rings is 1. The second-order valence-corrected chi connectivity index (χ2v) is 4.66. The van der Waals surface area contributed by atoms with Crippen LogP contribution in [-0.2, 0) is 16.1 Å². The van der Waals surface area contributed by atoms with Gasteiger partial charge < -0.3 is 9.30 Å². The summed E-state index contributed by atoms with van der Waals surface area (Å²) in [5.41, 5.74) is 1.40. The first kappa shape index (κ1) is 12.7. The van der Waals surface area contributed by atoms with Crippen LogP contribution in [0.25, 0.3) is 10.9 Å². The minimum absolute atomic E-state index is 0.119. The molecular weight excluding hydrogens is 296 g/mol. The summed E-state index contributed by atoms with van der Waals surface area (Å²) in [7, 11) is 0. The van der Waals surface area contributed by atoms with Gasteiger partial charge >= 0.3 is 5.97 Å². The lowest BCUT2D eigenvalue weighted by Gasteiger charge is -2.04. The lowest BCUT2D eigenvalue weighted by Crippen LogP contribution is -2.12. The smallest absolute Gasteiger partial charge is 0.325 e. The zero-order valence-corrected chi connectivity index (χ0v) is 11.4. The number of carbonyl (C=O) groups is 1. The van der Waals surface area contributed by atoms with Crippen molar-refractivity contribution in [1.29, 1.82) is 5.26 Å². The quantitative estimate of drug-likeness (QED) is 0.819. The van der Waals surface area contributed by atoms with Gasteiger partial charge in [-0.2, -0.15) is 5.26 Å². The highest BCUT2D eigenvalue weighted by Crippen LogP contribution is 2.24. The fourth-order valence-corrected chi connectivity index (χ4v) is 2.20. The van der Waals surface area contributed by atoms with Crippen molar-refractivity contribution in [3.05, 3.63) is 34.4 Å². The molecule has 0 aliphatic rings. The molecule has 0 saturated carbocycles.